The lowest BCUT2D eigenvalue weighted by Gasteiger charge is -2.27. The first-order valence-electron chi connectivity index (χ1n) is 8.27. The number of carbonyl (C=O) groups excluding carboxylic acids is 1. The minimum Gasteiger partial charge on any atom is -0.375 e. The van der Waals surface area contributed by atoms with Gasteiger partial charge in [0.1, 0.15) is 11.4 Å². The second kappa shape index (κ2) is 6.27. The van der Waals surface area contributed by atoms with Crippen LogP contribution in [0, 0.1) is 12.8 Å². The largest absolute Gasteiger partial charge is 0.375 e. The molecular weight excluding hydrogens is 308 g/mol. The number of nitrogens with zero attached hydrogens (tertiary/aromatic N) is 6. The van der Waals surface area contributed by atoms with Crippen LogP contribution < -0.4 is 0 Å². The summed E-state index contributed by atoms with van der Waals surface area (Å²) in [5.74, 6) is 0.606. The number of fused-ring (bicyclic) bond motifs is 1. The smallest absolute Gasteiger partial charge is 0.274 e. The maximum atomic E-state index is 12.6. The Morgan fingerprint density at radius 2 is 2.17 bits per heavy atom. The van der Waals surface area contributed by atoms with Gasteiger partial charge in [-0.2, -0.15) is 0 Å². The van der Waals surface area contributed by atoms with Crippen LogP contribution in [0.1, 0.15) is 40.4 Å². The third-order valence-electron chi connectivity index (χ3n) is 4.42. The van der Waals surface area contributed by atoms with Crippen LogP contribution in [-0.4, -0.2) is 48.9 Å². The van der Waals surface area contributed by atoms with Crippen molar-refractivity contribution in [1.29, 1.82) is 0 Å². The van der Waals surface area contributed by atoms with Crippen molar-refractivity contribution in [2.75, 3.05) is 13.2 Å². The molecular formula is C16H20N6O2. The van der Waals surface area contributed by atoms with E-state index in [-0.39, 0.29) is 5.91 Å². The Labute approximate surface area is 139 Å². The van der Waals surface area contributed by atoms with Gasteiger partial charge >= 0.3 is 0 Å². The fraction of sp³-hybridized carbons (Fsp3) is 0.562. The molecule has 2 aliphatic rings. The Hall–Kier alpha value is -2.35. The molecule has 4 rings (SSSR count). The van der Waals surface area contributed by atoms with Gasteiger partial charge in [0.2, 0.25) is 0 Å². The molecule has 8 nitrogen and oxygen atoms in total. The molecule has 0 spiro atoms. The molecule has 0 radical (unpaired) electrons. The minimum atomic E-state index is -0.111. The summed E-state index contributed by atoms with van der Waals surface area (Å²) in [7, 11) is 0. The van der Waals surface area contributed by atoms with Crippen LogP contribution in [0.15, 0.2) is 12.4 Å². The van der Waals surface area contributed by atoms with Gasteiger partial charge in [-0.1, -0.05) is 5.21 Å². The Morgan fingerprint density at radius 1 is 1.29 bits per heavy atom. The highest BCUT2D eigenvalue weighted by Gasteiger charge is 2.27. The summed E-state index contributed by atoms with van der Waals surface area (Å²) in [6.07, 6.45) is 5.67. The van der Waals surface area contributed by atoms with E-state index in [1.54, 1.807) is 11.1 Å². The highest BCUT2D eigenvalue weighted by Crippen LogP contribution is 2.29. The van der Waals surface area contributed by atoms with E-state index in [1.165, 1.54) is 19.0 Å². The van der Waals surface area contributed by atoms with Crippen molar-refractivity contribution in [3.8, 4) is 0 Å². The van der Waals surface area contributed by atoms with Crippen molar-refractivity contribution in [1.82, 2.24) is 29.9 Å². The van der Waals surface area contributed by atoms with E-state index in [0.29, 0.717) is 31.9 Å². The predicted octanol–water partition coefficient (Wildman–Crippen LogP) is 0.959. The summed E-state index contributed by atoms with van der Waals surface area (Å²) in [6.45, 7) is 4.79. The predicted molar refractivity (Wildman–Crippen MR) is 83.9 cm³/mol. The lowest BCUT2D eigenvalue weighted by atomic mass is 10.2. The third-order valence-corrected chi connectivity index (χ3v) is 4.42. The number of ether oxygens (including phenoxy) is 1. The molecule has 1 fully saturated rings. The summed E-state index contributed by atoms with van der Waals surface area (Å²) in [6, 6.07) is 0. The number of rotatable bonds is 5. The van der Waals surface area contributed by atoms with Crippen LogP contribution in [0.4, 0.5) is 0 Å². The van der Waals surface area contributed by atoms with Crippen molar-refractivity contribution in [2.24, 2.45) is 5.92 Å². The summed E-state index contributed by atoms with van der Waals surface area (Å²) in [4.78, 5) is 22.7. The average molecular weight is 328 g/mol. The van der Waals surface area contributed by atoms with Crippen LogP contribution in [0.2, 0.25) is 0 Å². The van der Waals surface area contributed by atoms with Crippen molar-refractivity contribution < 1.29 is 9.53 Å². The van der Waals surface area contributed by atoms with Gasteiger partial charge in [0.15, 0.2) is 0 Å². The maximum Gasteiger partial charge on any atom is 0.274 e. The number of aryl methyl sites for hydroxylation is 1. The van der Waals surface area contributed by atoms with Crippen molar-refractivity contribution in [3.63, 3.8) is 0 Å². The van der Waals surface area contributed by atoms with Gasteiger partial charge < -0.3 is 9.64 Å². The lowest BCUT2D eigenvalue weighted by molar-refractivity contribution is 0.0693. The molecule has 0 atom stereocenters. The molecule has 1 aliphatic carbocycles. The number of aromatic nitrogens is 5. The van der Waals surface area contributed by atoms with Gasteiger partial charge in [0, 0.05) is 19.3 Å². The Bertz CT molecular complexity index is 738. The molecule has 0 bridgehead atoms. The summed E-state index contributed by atoms with van der Waals surface area (Å²) >= 11 is 0. The van der Waals surface area contributed by atoms with Crippen molar-refractivity contribution >= 4 is 5.91 Å². The Kier molecular flexibility index (Phi) is 3.97. The lowest BCUT2D eigenvalue weighted by Crippen LogP contribution is -2.39. The van der Waals surface area contributed by atoms with Gasteiger partial charge in [-0.25, -0.2) is 9.67 Å². The Balaban J connectivity index is 1.44. The zero-order valence-corrected chi connectivity index (χ0v) is 13.7. The van der Waals surface area contributed by atoms with Crippen molar-refractivity contribution in [2.45, 2.75) is 39.5 Å². The molecule has 8 heteroatoms. The maximum absolute atomic E-state index is 12.6. The molecule has 0 aromatic carbocycles. The monoisotopic (exact) mass is 328 g/mol. The van der Waals surface area contributed by atoms with E-state index >= 15 is 0 Å². The fourth-order valence-electron chi connectivity index (χ4n) is 2.75. The van der Waals surface area contributed by atoms with Gasteiger partial charge in [-0.15, -0.1) is 5.10 Å². The second-order valence-corrected chi connectivity index (χ2v) is 6.43. The SMILES string of the molecule is Cc1cnc(C(=O)N2CCn3nnc(COCC4CC4)c3C2)cn1. The molecule has 126 valence electrons. The molecule has 0 unspecified atom stereocenters. The molecule has 2 aromatic heterocycles. The van der Waals surface area contributed by atoms with Gasteiger partial charge in [-0.3, -0.25) is 9.78 Å². The number of hydrogen-bond acceptors (Lipinski definition) is 6. The van der Waals surface area contributed by atoms with E-state index in [2.05, 4.69) is 20.3 Å². The van der Waals surface area contributed by atoms with E-state index in [9.17, 15) is 4.79 Å². The molecule has 0 N–H and O–H groups in total. The first kappa shape index (κ1) is 15.2. The first-order chi connectivity index (χ1) is 11.7. The van der Waals surface area contributed by atoms with Crippen LogP contribution in [0.3, 0.4) is 0 Å². The molecule has 1 amide bonds. The van der Waals surface area contributed by atoms with Gasteiger partial charge in [-0.05, 0) is 25.7 Å². The number of carbonyl (C=O) groups is 1. The quantitative estimate of drug-likeness (QED) is 0.812. The Morgan fingerprint density at radius 3 is 2.92 bits per heavy atom. The molecule has 3 heterocycles. The number of amides is 1. The van der Waals surface area contributed by atoms with E-state index in [1.807, 2.05) is 11.6 Å². The highest BCUT2D eigenvalue weighted by molar-refractivity contribution is 5.92. The van der Waals surface area contributed by atoms with Crippen LogP contribution in [0.5, 0.6) is 0 Å². The zero-order chi connectivity index (χ0) is 16.5. The molecule has 0 saturated heterocycles. The van der Waals surface area contributed by atoms with Crippen LogP contribution in [-0.2, 0) is 24.4 Å². The van der Waals surface area contributed by atoms with Gasteiger partial charge in [0.05, 0.1) is 37.3 Å². The second-order valence-electron chi connectivity index (χ2n) is 6.43. The summed E-state index contributed by atoms with van der Waals surface area (Å²) in [5.41, 5.74) is 2.93. The summed E-state index contributed by atoms with van der Waals surface area (Å²) in [5, 5.41) is 8.38. The fourth-order valence-corrected chi connectivity index (χ4v) is 2.75. The standard InChI is InChI=1S/C16H20N6O2/c1-11-6-18-13(7-17-11)16(23)21-4-5-22-15(8-21)14(19-20-22)10-24-9-12-2-3-12/h6-7,12H,2-5,8-10H2,1H3. The van der Waals surface area contributed by atoms with E-state index in [4.69, 9.17) is 4.74 Å². The molecule has 1 aliphatic heterocycles. The normalized spacial score (nSPS) is 17.0. The third kappa shape index (κ3) is 3.14. The first-order valence-corrected chi connectivity index (χ1v) is 8.27. The average Bonchev–Trinajstić information content (AvgIpc) is 3.34. The molecule has 24 heavy (non-hydrogen) atoms. The molecule has 2 aromatic rings. The van der Waals surface area contributed by atoms with E-state index < -0.39 is 0 Å². The topological polar surface area (TPSA) is 86.0 Å². The summed E-state index contributed by atoms with van der Waals surface area (Å²) < 4.78 is 7.58. The van der Waals surface area contributed by atoms with Crippen molar-refractivity contribution in [3.05, 3.63) is 35.2 Å². The zero-order valence-electron chi connectivity index (χ0n) is 13.7. The van der Waals surface area contributed by atoms with E-state index in [0.717, 1.165) is 29.6 Å². The van der Waals surface area contributed by atoms with Crippen LogP contribution in [0.25, 0.3) is 0 Å². The van der Waals surface area contributed by atoms with Crippen LogP contribution >= 0.6 is 0 Å². The van der Waals surface area contributed by atoms with Gasteiger partial charge in [0.25, 0.3) is 5.91 Å². The highest BCUT2D eigenvalue weighted by atomic mass is 16.5. The molecule has 1 saturated carbocycles. The minimum absolute atomic E-state index is 0.111. The number of hydrogen-bond donors (Lipinski definition) is 0.